The van der Waals surface area contributed by atoms with Gasteiger partial charge in [-0.1, -0.05) is 0 Å². The molecule has 0 unspecified atom stereocenters. The number of aryl methyl sites for hydroxylation is 2. The van der Waals surface area contributed by atoms with Crippen LogP contribution in [0.25, 0.3) is 28.0 Å². The minimum atomic E-state index is -4.75. The highest BCUT2D eigenvalue weighted by Crippen LogP contribution is 2.31. The first kappa shape index (κ1) is 27.2. The number of aromatic nitrogens is 4. The molecule has 0 spiro atoms. The van der Waals surface area contributed by atoms with E-state index in [-0.39, 0.29) is 22.8 Å². The third-order valence-electron chi connectivity index (χ3n) is 7.29. The van der Waals surface area contributed by atoms with Crippen LogP contribution in [0.2, 0.25) is 0 Å². The molecular weight excluding hydrogens is 531 g/mol. The zero-order valence-corrected chi connectivity index (χ0v) is 22.8. The van der Waals surface area contributed by atoms with Crippen LogP contribution >= 0.6 is 0 Å². The van der Waals surface area contributed by atoms with Crippen molar-refractivity contribution in [3.8, 4) is 22.7 Å². The molecule has 0 amide bonds. The van der Waals surface area contributed by atoms with Crippen LogP contribution in [0.15, 0.2) is 55.0 Å². The van der Waals surface area contributed by atoms with E-state index < -0.39 is 16.2 Å². The van der Waals surface area contributed by atoms with Crippen LogP contribution in [0.1, 0.15) is 25.8 Å². The van der Waals surface area contributed by atoms with E-state index >= 15 is 0 Å². The van der Waals surface area contributed by atoms with Crippen LogP contribution in [0.3, 0.4) is 0 Å². The van der Waals surface area contributed by atoms with Gasteiger partial charge in [-0.15, -0.1) is 13.2 Å². The number of benzene rings is 1. The largest absolute Gasteiger partial charge is 0.573 e. The Kier molecular flexibility index (Phi) is 6.96. The highest BCUT2D eigenvalue weighted by Gasteiger charge is 2.33. The van der Waals surface area contributed by atoms with Gasteiger partial charge < -0.3 is 4.74 Å². The molecule has 0 radical (unpaired) electrons. The number of hydrogen-bond donors (Lipinski definition) is 0. The number of sulfone groups is 1. The Bertz CT molecular complexity index is 1580. The zero-order valence-electron chi connectivity index (χ0n) is 21.9. The van der Waals surface area contributed by atoms with Crippen molar-refractivity contribution in [3.63, 3.8) is 0 Å². The summed E-state index contributed by atoms with van der Waals surface area (Å²) in [5, 5.41) is 5.26. The van der Waals surface area contributed by atoms with Gasteiger partial charge in [0.05, 0.1) is 29.1 Å². The summed E-state index contributed by atoms with van der Waals surface area (Å²) in [5.74, 6) is 0.0849. The fraction of sp³-hybridized carbons (Fsp3) is 0.407. The van der Waals surface area contributed by atoms with E-state index in [4.69, 9.17) is 4.98 Å². The van der Waals surface area contributed by atoms with E-state index in [1.54, 1.807) is 23.0 Å². The molecule has 1 aliphatic rings. The molecule has 0 bridgehead atoms. The molecule has 39 heavy (non-hydrogen) atoms. The molecule has 0 saturated carbocycles. The molecular formula is C27H30F3N5O3S. The SMILES string of the molecule is Cn1cc(-n2cc(CCC(C)(C)N3CCS(=O)(=O)CC3)c3ccc(-c4ccc(OC(F)(F)F)cc4)nc32)cn1. The lowest BCUT2D eigenvalue weighted by atomic mass is 9.93. The maximum Gasteiger partial charge on any atom is 0.573 e. The molecule has 1 saturated heterocycles. The average Bonchev–Trinajstić information content (AvgIpc) is 3.45. The van der Waals surface area contributed by atoms with Crippen molar-refractivity contribution < 1.29 is 26.3 Å². The minimum absolute atomic E-state index is 0.187. The topological polar surface area (TPSA) is 82.2 Å². The molecule has 12 heteroatoms. The first-order valence-corrected chi connectivity index (χ1v) is 14.4. The van der Waals surface area contributed by atoms with Crippen molar-refractivity contribution in [1.29, 1.82) is 0 Å². The van der Waals surface area contributed by atoms with Crippen molar-refractivity contribution in [1.82, 2.24) is 24.2 Å². The van der Waals surface area contributed by atoms with Gasteiger partial charge in [-0.3, -0.25) is 14.1 Å². The van der Waals surface area contributed by atoms with E-state index in [1.165, 1.54) is 12.1 Å². The monoisotopic (exact) mass is 561 g/mol. The minimum Gasteiger partial charge on any atom is -0.406 e. The number of nitrogens with zero attached hydrogens (tertiary/aromatic N) is 5. The van der Waals surface area contributed by atoms with Crippen molar-refractivity contribution in [3.05, 3.63) is 60.6 Å². The molecule has 8 nitrogen and oxygen atoms in total. The number of fused-ring (bicyclic) bond motifs is 1. The van der Waals surface area contributed by atoms with Crippen molar-refractivity contribution in [2.75, 3.05) is 24.6 Å². The van der Waals surface area contributed by atoms with Crippen LogP contribution in [-0.4, -0.2) is 69.1 Å². The van der Waals surface area contributed by atoms with Crippen LogP contribution in [0, 0.1) is 0 Å². The number of ether oxygens (including phenoxy) is 1. The lowest BCUT2D eigenvalue weighted by molar-refractivity contribution is -0.274. The fourth-order valence-electron chi connectivity index (χ4n) is 5.00. The lowest BCUT2D eigenvalue weighted by Gasteiger charge is -2.41. The molecule has 0 aliphatic carbocycles. The van der Waals surface area contributed by atoms with Gasteiger partial charge in [0.15, 0.2) is 9.84 Å². The summed E-state index contributed by atoms with van der Waals surface area (Å²) in [4.78, 5) is 7.14. The Hall–Kier alpha value is -3.38. The second kappa shape index (κ2) is 9.98. The number of rotatable bonds is 7. The smallest absolute Gasteiger partial charge is 0.406 e. The van der Waals surface area contributed by atoms with Gasteiger partial charge >= 0.3 is 6.36 Å². The van der Waals surface area contributed by atoms with E-state index in [1.807, 2.05) is 29.9 Å². The molecule has 0 atom stereocenters. The summed E-state index contributed by atoms with van der Waals surface area (Å²) in [5.41, 5.74) is 3.74. The number of alkyl halides is 3. The third kappa shape index (κ3) is 6.11. The molecule has 4 aromatic rings. The standard InChI is InChI=1S/C27H30F3N5O3S/c1-26(2,34-12-14-39(36,37)15-13-34)11-10-20-17-35(21-16-31-33(3)18-21)25-23(20)8-9-24(32-25)19-4-6-22(7-5-19)38-27(28,29)30/h4-9,16-18H,10-15H2,1-3H3. The second-order valence-corrected chi connectivity index (χ2v) is 12.8. The highest BCUT2D eigenvalue weighted by molar-refractivity contribution is 7.91. The van der Waals surface area contributed by atoms with Crippen molar-refractivity contribution in [2.24, 2.45) is 7.05 Å². The summed E-state index contributed by atoms with van der Waals surface area (Å²) < 4.78 is 69.1. The molecule has 208 valence electrons. The van der Waals surface area contributed by atoms with Crippen LogP contribution < -0.4 is 4.74 Å². The Labute approximate surface area is 224 Å². The Morgan fingerprint density at radius 3 is 2.31 bits per heavy atom. The quantitative estimate of drug-likeness (QED) is 0.324. The van der Waals surface area contributed by atoms with Crippen molar-refractivity contribution >= 4 is 20.9 Å². The molecule has 0 N–H and O–H groups in total. The summed E-state index contributed by atoms with van der Waals surface area (Å²) >= 11 is 0. The zero-order chi connectivity index (χ0) is 28.0. The third-order valence-corrected chi connectivity index (χ3v) is 8.90. The number of hydrogen-bond acceptors (Lipinski definition) is 6. The van der Waals surface area contributed by atoms with Crippen LogP contribution in [-0.2, 0) is 23.3 Å². The molecule has 5 rings (SSSR count). The number of pyridine rings is 1. The Morgan fingerprint density at radius 2 is 1.69 bits per heavy atom. The van der Waals surface area contributed by atoms with Gasteiger partial charge in [0.25, 0.3) is 0 Å². The fourth-order valence-corrected chi connectivity index (χ4v) is 6.20. The van der Waals surface area contributed by atoms with Gasteiger partial charge in [-0.2, -0.15) is 5.10 Å². The normalized spacial score (nSPS) is 16.6. The summed E-state index contributed by atoms with van der Waals surface area (Å²) in [6.07, 6.45) is 2.51. The van der Waals surface area contributed by atoms with Gasteiger partial charge in [-0.25, -0.2) is 13.4 Å². The summed E-state index contributed by atoms with van der Waals surface area (Å²) in [6.45, 7) is 5.36. The molecule has 1 aliphatic heterocycles. The molecule has 3 aromatic heterocycles. The predicted octanol–water partition coefficient (Wildman–Crippen LogP) is 4.77. The van der Waals surface area contributed by atoms with Gasteiger partial charge in [0, 0.05) is 49.0 Å². The predicted molar refractivity (Wildman–Crippen MR) is 143 cm³/mol. The van der Waals surface area contributed by atoms with Crippen LogP contribution in [0.4, 0.5) is 13.2 Å². The Balaban J connectivity index is 1.45. The summed E-state index contributed by atoms with van der Waals surface area (Å²) in [6, 6.07) is 9.49. The van der Waals surface area contributed by atoms with E-state index in [2.05, 4.69) is 34.8 Å². The lowest BCUT2D eigenvalue weighted by Crippen LogP contribution is -2.51. The number of halogens is 3. The maximum absolute atomic E-state index is 12.6. The van der Waals surface area contributed by atoms with Gasteiger partial charge in [-0.05, 0) is 68.7 Å². The van der Waals surface area contributed by atoms with Gasteiger partial charge in [0.2, 0.25) is 0 Å². The first-order chi connectivity index (χ1) is 18.3. The first-order valence-electron chi connectivity index (χ1n) is 12.6. The molecule has 1 aromatic carbocycles. The Morgan fingerprint density at radius 1 is 1.00 bits per heavy atom. The molecule has 1 fully saturated rings. The van der Waals surface area contributed by atoms with E-state index in [9.17, 15) is 21.6 Å². The summed E-state index contributed by atoms with van der Waals surface area (Å²) in [7, 11) is -1.12. The second-order valence-electron chi connectivity index (χ2n) is 10.5. The van der Waals surface area contributed by atoms with E-state index in [0.29, 0.717) is 30.0 Å². The van der Waals surface area contributed by atoms with Crippen LogP contribution in [0.5, 0.6) is 5.75 Å². The van der Waals surface area contributed by atoms with Gasteiger partial charge in [0.1, 0.15) is 11.4 Å². The van der Waals surface area contributed by atoms with E-state index in [0.717, 1.165) is 29.5 Å². The maximum atomic E-state index is 12.6. The van der Waals surface area contributed by atoms with Crippen molar-refractivity contribution in [2.45, 2.75) is 38.6 Å². The average molecular weight is 562 g/mol. The highest BCUT2D eigenvalue weighted by atomic mass is 32.2. The molecule has 4 heterocycles.